The van der Waals surface area contributed by atoms with Crippen LogP contribution in [0.15, 0.2) is 47.4 Å². The van der Waals surface area contributed by atoms with Crippen LogP contribution in [0.5, 0.6) is 5.75 Å². The highest BCUT2D eigenvalue weighted by Crippen LogP contribution is 2.32. The SMILES string of the molecule is COc1ccc(F)cc1S(=O)(=O)Nc1cccc(C(F)(F)F)c1. The molecule has 0 aromatic heterocycles. The molecule has 0 amide bonds. The molecule has 0 unspecified atom stereocenters. The molecule has 0 fully saturated rings. The lowest BCUT2D eigenvalue weighted by molar-refractivity contribution is -0.137. The zero-order valence-corrected chi connectivity index (χ0v) is 12.5. The highest BCUT2D eigenvalue weighted by atomic mass is 32.2. The van der Waals surface area contributed by atoms with Gasteiger partial charge >= 0.3 is 6.18 Å². The van der Waals surface area contributed by atoms with Crippen molar-refractivity contribution in [3.05, 3.63) is 53.8 Å². The number of rotatable bonds is 4. The summed E-state index contributed by atoms with van der Waals surface area (Å²) in [6, 6.07) is 6.48. The van der Waals surface area contributed by atoms with Crippen molar-refractivity contribution in [3.63, 3.8) is 0 Å². The summed E-state index contributed by atoms with van der Waals surface area (Å²) in [5, 5.41) is 0. The first-order chi connectivity index (χ1) is 10.6. The van der Waals surface area contributed by atoms with Crippen LogP contribution in [0.2, 0.25) is 0 Å². The Morgan fingerprint density at radius 1 is 1.09 bits per heavy atom. The second kappa shape index (κ2) is 6.07. The fourth-order valence-electron chi connectivity index (χ4n) is 1.83. The highest BCUT2D eigenvalue weighted by Gasteiger charge is 2.31. The molecular formula is C14H11F4NO3S. The van der Waals surface area contributed by atoms with E-state index in [1.165, 1.54) is 7.11 Å². The smallest absolute Gasteiger partial charge is 0.416 e. The van der Waals surface area contributed by atoms with Gasteiger partial charge in [-0.25, -0.2) is 12.8 Å². The van der Waals surface area contributed by atoms with Crippen LogP contribution in [0, 0.1) is 5.82 Å². The van der Waals surface area contributed by atoms with Crippen LogP contribution in [0.3, 0.4) is 0 Å². The predicted octanol–water partition coefficient (Wildman–Crippen LogP) is 3.65. The fraction of sp³-hybridized carbons (Fsp3) is 0.143. The zero-order chi connectivity index (χ0) is 17.3. The molecule has 0 saturated carbocycles. The Morgan fingerprint density at radius 3 is 2.39 bits per heavy atom. The molecule has 4 nitrogen and oxygen atoms in total. The predicted molar refractivity (Wildman–Crippen MR) is 75.2 cm³/mol. The number of anilines is 1. The number of benzene rings is 2. The molecule has 9 heteroatoms. The summed E-state index contributed by atoms with van der Waals surface area (Å²) in [5.41, 5.74) is -1.31. The van der Waals surface area contributed by atoms with E-state index in [1.807, 2.05) is 4.72 Å². The lowest BCUT2D eigenvalue weighted by atomic mass is 10.2. The van der Waals surface area contributed by atoms with Gasteiger partial charge in [-0.15, -0.1) is 0 Å². The molecular weight excluding hydrogens is 338 g/mol. The van der Waals surface area contributed by atoms with Crippen LogP contribution in [-0.2, 0) is 16.2 Å². The Labute approximate surface area is 129 Å². The minimum Gasteiger partial charge on any atom is -0.495 e. The molecule has 0 atom stereocenters. The summed E-state index contributed by atoms with van der Waals surface area (Å²) >= 11 is 0. The summed E-state index contributed by atoms with van der Waals surface area (Å²) in [5.74, 6) is -0.957. The van der Waals surface area contributed by atoms with E-state index in [0.717, 1.165) is 36.4 Å². The van der Waals surface area contributed by atoms with Gasteiger partial charge in [-0.3, -0.25) is 4.72 Å². The van der Waals surface area contributed by atoms with Gasteiger partial charge < -0.3 is 4.74 Å². The minimum atomic E-state index is -4.61. The van der Waals surface area contributed by atoms with E-state index < -0.39 is 32.5 Å². The normalized spacial score (nSPS) is 12.0. The number of hydrogen-bond donors (Lipinski definition) is 1. The van der Waals surface area contributed by atoms with Crippen LogP contribution in [-0.4, -0.2) is 15.5 Å². The van der Waals surface area contributed by atoms with Gasteiger partial charge in [-0.05, 0) is 36.4 Å². The van der Waals surface area contributed by atoms with Crippen molar-refractivity contribution in [2.75, 3.05) is 11.8 Å². The molecule has 1 N–H and O–H groups in total. The Bertz CT molecular complexity index is 819. The van der Waals surface area contributed by atoms with Crippen LogP contribution >= 0.6 is 0 Å². The fourth-order valence-corrected chi connectivity index (χ4v) is 3.06. The lowest BCUT2D eigenvalue weighted by Gasteiger charge is -2.13. The molecule has 0 aliphatic heterocycles. The first-order valence-corrected chi connectivity index (χ1v) is 7.65. The van der Waals surface area contributed by atoms with Crippen molar-refractivity contribution >= 4 is 15.7 Å². The van der Waals surface area contributed by atoms with Crippen LogP contribution in [0.1, 0.15) is 5.56 Å². The van der Waals surface area contributed by atoms with Crippen molar-refractivity contribution in [1.82, 2.24) is 0 Å². The van der Waals surface area contributed by atoms with E-state index in [-0.39, 0.29) is 11.4 Å². The van der Waals surface area contributed by atoms with E-state index in [2.05, 4.69) is 0 Å². The van der Waals surface area contributed by atoms with Crippen molar-refractivity contribution in [2.45, 2.75) is 11.1 Å². The number of sulfonamides is 1. The number of ether oxygens (including phenoxy) is 1. The molecule has 0 aliphatic carbocycles. The first kappa shape index (κ1) is 17.1. The zero-order valence-electron chi connectivity index (χ0n) is 11.7. The molecule has 0 aliphatic rings. The van der Waals surface area contributed by atoms with Gasteiger partial charge in [-0.2, -0.15) is 13.2 Å². The van der Waals surface area contributed by atoms with Gasteiger partial charge in [0.15, 0.2) is 0 Å². The maximum absolute atomic E-state index is 13.3. The van der Waals surface area contributed by atoms with Gasteiger partial charge in [0.1, 0.15) is 16.5 Å². The van der Waals surface area contributed by atoms with E-state index >= 15 is 0 Å². The lowest BCUT2D eigenvalue weighted by Crippen LogP contribution is -2.15. The number of hydrogen-bond acceptors (Lipinski definition) is 3. The highest BCUT2D eigenvalue weighted by molar-refractivity contribution is 7.92. The monoisotopic (exact) mass is 349 g/mol. The number of alkyl halides is 3. The average Bonchev–Trinajstić information content (AvgIpc) is 2.46. The maximum Gasteiger partial charge on any atom is 0.416 e. The van der Waals surface area contributed by atoms with E-state index in [1.54, 1.807) is 0 Å². The Kier molecular flexibility index (Phi) is 4.51. The summed E-state index contributed by atoms with van der Waals surface area (Å²) in [7, 11) is -3.13. The Hall–Kier alpha value is -2.29. The van der Waals surface area contributed by atoms with E-state index in [0.29, 0.717) is 6.07 Å². The Morgan fingerprint density at radius 2 is 1.78 bits per heavy atom. The molecule has 0 saturated heterocycles. The molecule has 124 valence electrons. The quantitative estimate of drug-likeness (QED) is 0.857. The van der Waals surface area contributed by atoms with Gasteiger partial charge in [0.25, 0.3) is 10.0 Å². The summed E-state index contributed by atoms with van der Waals surface area (Å²) < 4.78 is 82.5. The van der Waals surface area contributed by atoms with Crippen molar-refractivity contribution in [2.24, 2.45) is 0 Å². The first-order valence-electron chi connectivity index (χ1n) is 6.17. The van der Waals surface area contributed by atoms with Crippen molar-refractivity contribution in [1.29, 1.82) is 0 Å². The van der Waals surface area contributed by atoms with Crippen molar-refractivity contribution < 1.29 is 30.7 Å². The second-order valence-electron chi connectivity index (χ2n) is 4.48. The van der Waals surface area contributed by atoms with E-state index in [4.69, 9.17) is 4.74 Å². The van der Waals surface area contributed by atoms with Gasteiger partial charge in [0, 0.05) is 5.69 Å². The summed E-state index contributed by atoms with van der Waals surface area (Å²) in [4.78, 5) is -0.516. The van der Waals surface area contributed by atoms with Crippen LogP contribution in [0.4, 0.5) is 23.2 Å². The molecule has 2 aromatic rings. The molecule has 0 spiro atoms. The Balaban J connectivity index is 2.42. The maximum atomic E-state index is 13.3. The molecule has 2 rings (SSSR count). The molecule has 0 heterocycles. The van der Waals surface area contributed by atoms with Crippen LogP contribution < -0.4 is 9.46 Å². The summed E-state index contributed by atoms with van der Waals surface area (Å²) in [6.07, 6.45) is -4.61. The standard InChI is InChI=1S/C14H11F4NO3S/c1-22-12-6-5-10(15)8-13(12)23(20,21)19-11-4-2-3-9(7-11)14(16,17)18/h2-8,19H,1H3. The second-order valence-corrected chi connectivity index (χ2v) is 6.13. The largest absolute Gasteiger partial charge is 0.495 e. The topological polar surface area (TPSA) is 55.4 Å². The van der Waals surface area contributed by atoms with Crippen LogP contribution in [0.25, 0.3) is 0 Å². The minimum absolute atomic E-state index is 0.133. The third-order valence-corrected chi connectivity index (χ3v) is 4.26. The average molecular weight is 349 g/mol. The number of halogens is 4. The van der Waals surface area contributed by atoms with Gasteiger partial charge in [-0.1, -0.05) is 6.07 Å². The molecule has 0 bridgehead atoms. The third-order valence-electron chi connectivity index (χ3n) is 2.86. The number of methoxy groups -OCH3 is 1. The third kappa shape index (κ3) is 3.92. The molecule has 23 heavy (non-hydrogen) atoms. The summed E-state index contributed by atoms with van der Waals surface area (Å²) in [6.45, 7) is 0. The van der Waals surface area contributed by atoms with Gasteiger partial charge in [0.2, 0.25) is 0 Å². The van der Waals surface area contributed by atoms with E-state index in [9.17, 15) is 26.0 Å². The van der Waals surface area contributed by atoms with Crippen molar-refractivity contribution in [3.8, 4) is 5.75 Å². The molecule has 0 radical (unpaired) electrons. The molecule has 2 aromatic carbocycles. The number of nitrogens with one attached hydrogen (secondary N) is 1. The van der Waals surface area contributed by atoms with Gasteiger partial charge in [0.05, 0.1) is 12.7 Å².